The summed E-state index contributed by atoms with van der Waals surface area (Å²) < 4.78 is 0. The van der Waals surface area contributed by atoms with Crippen molar-refractivity contribution in [3.8, 4) is 0 Å². The number of carbonyl (C=O) groups excluding carboxylic acids is 2. The first-order valence-electron chi connectivity index (χ1n) is 11.5. The summed E-state index contributed by atoms with van der Waals surface area (Å²) in [6, 6.07) is 7.57. The second-order valence-electron chi connectivity index (χ2n) is 8.91. The van der Waals surface area contributed by atoms with Gasteiger partial charge in [0.2, 0.25) is 0 Å². The number of hydrogen-bond donors (Lipinski definition) is 1. The first-order valence-corrected chi connectivity index (χ1v) is 12.3. The van der Waals surface area contributed by atoms with Crippen molar-refractivity contribution in [1.82, 2.24) is 20.2 Å². The molecule has 1 N–H and O–H groups in total. The smallest absolute Gasteiger partial charge is 0.261 e. The second kappa shape index (κ2) is 8.62. The number of aromatic nitrogens is 2. The molecule has 1 saturated heterocycles. The lowest BCUT2D eigenvalue weighted by Crippen LogP contribution is -2.35. The molecule has 2 fully saturated rings. The third-order valence-corrected chi connectivity index (χ3v) is 7.62. The standard InChI is InChI=1S/C25H28N4O2S/c1-15-20-16(2)27-22(18-10-11-18)28-24(20)32-21(15)23(30)26-14-17-6-8-19(9-7-17)25(31)29-12-4-3-5-13-29/h6-9,18H,3-5,10-14H2,1-2H3,(H,26,30). The summed E-state index contributed by atoms with van der Waals surface area (Å²) in [5.41, 5.74) is 3.59. The Balaban J connectivity index is 1.26. The maximum absolute atomic E-state index is 12.9. The van der Waals surface area contributed by atoms with Gasteiger partial charge in [-0.15, -0.1) is 11.3 Å². The summed E-state index contributed by atoms with van der Waals surface area (Å²) in [5, 5.41) is 4.03. The molecule has 0 radical (unpaired) electrons. The van der Waals surface area contributed by atoms with Crippen molar-refractivity contribution in [3.05, 3.63) is 57.4 Å². The maximum Gasteiger partial charge on any atom is 0.261 e. The van der Waals surface area contributed by atoms with Crippen LogP contribution >= 0.6 is 11.3 Å². The van der Waals surface area contributed by atoms with Gasteiger partial charge < -0.3 is 10.2 Å². The van der Waals surface area contributed by atoms with Crippen LogP contribution in [0.1, 0.15) is 80.7 Å². The number of thiophene rings is 1. The van der Waals surface area contributed by atoms with Gasteiger partial charge in [0, 0.05) is 36.5 Å². The second-order valence-corrected chi connectivity index (χ2v) is 9.91. The highest BCUT2D eigenvalue weighted by Crippen LogP contribution is 2.40. The summed E-state index contributed by atoms with van der Waals surface area (Å²) in [7, 11) is 0. The van der Waals surface area contributed by atoms with Crippen LogP contribution in [0.3, 0.4) is 0 Å². The summed E-state index contributed by atoms with van der Waals surface area (Å²) in [4.78, 5) is 38.5. The average molecular weight is 449 g/mol. The van der Waals surface area contributed by atoms with Crippen LogP contribution in [0.4, 0.5) is 0 Å². The van der Waals surface area contributed by atoms with E-state index in [4.69, 9.17) is 4.98 Å². The number of fused-ring (bicyclic) bond motifs is 1. The van der Waals surface area contributed by atoms with Gasteiger partial charge in [-0.2, -0.15) is 0 Å². The Bertz CT molecular complexity index is 1170. The highest BCUT2D eigenvalue weighted by Gasteiger charge is 2.28. The number of amides is 2. The lowest BCUT2D eigenvalue weighted by Gasteiger charge is -2.26. The molecule has 1 aliphatic heterocycles. The quantitative estimate of drug-likeness (QED) is 0.612. The van der Waals surface area contributed by atoms with E-state index in [1.54, 1.807) is 0 Å². The molecule has 6 nitrogen and oxygen atoms in total. The van der Waals surface area contributed by atoms with Crippen LogP contribution in [-0.4, -0.2) is 39.8 Å². The van der Waals surface area contributed by atoms with Gasteiger partial charge in [0.15, 0.2) is 0 Å². The molecule has 2 amide bonds. The number of carbonyl (C=O) groups is 2. The first-order chi connectivity index (χ1) is 15.5. The van der Waals surface area contributed by atoms with Gasteiger partial charge in [-0.25, -0.2) is 9.97 Å². The highest BCUT2D eigenvalue weighted by molar-refractivity contribution is 7.20. The number of nitrogens with one attached hydrogen (secondary N) is 1. The normalized spacial score (nSPS) is 16.4. The Morgan fingerprint density at radius 3 is 2.47 bits per heavy atom. The van der Waals surface area contributed by atoms with Crippen molar-refractivity contribution in [2.24, 2.45) is 0 Å². The molecular weight excluding hydrogens is 420 g/mol. The van der Waals surface area contributed by atoms with Crippen LogP contribution in [0.2, 0.25) is 0 Å². The number of likely N-dealkylation sites (tertiary alicyclic amines) is 1. The average Bonchev–Trinajstić information content (AvgIpc) is 3.61. The SMILES string of the molecule is Cc1nc(C2CC2)nc2sc(C(=O)NCc3ccc(C(=O)N4CCCCC4)cc3)c(C)c12. The van der Waals surface area contributed by atoms with Gasteiger partial charge in [0.05, 0.1) is 10.6 Å². The van der Waals surface area contributed by atoms with Crippen molar-refractivity contribution in [1.29, 1.82) is 0 Å². The van der Waals surface area contributed by atoms with Crippen molar-refractivity contribution < 1.29 is 9.59 Å². The zero-order chi connectivity index (χ0) is 22.2. The largest absolute Gasteiger partial charge is 0.347 e. The lowest BCUT2D eigenvalue weighted by atomic mass is 10.1. The molecule has 0 spiro atoms. The minimum Gasteiger partial charge on any atom is -0.347 e. The molecule has 2 aromatic heterocycles. The van der Waals surface area contributed by atoms with Crippen molar-refractivity contribution >= 4 is 33.4 Å². The molecule has 32 heavy (non-hydrogen) atoms. The van der Waals surface area contributed by atoms with E-state index in [1.165, 1.54) is 17.8 Å². The maximum atomic E-state index is 12.9. The molecule has 1 aromatic carbocycles. The van der Waals surface area contributed by atoms with Crippen LogP contribution in [-0.2, 0) is 6.54 Å². The van der Waals surface area contributed by atoms with Gasteiger partial charge in [-0.3, -0.25) is 9.59 Å². The number of benzene rings is 1. The Morgan fingerprint density at radius 2 is 1.78 bits per heavy atom. The monoisotopic (exact) mass is 448 g/mol. The van der Waals surface area contributed by atoms with E-state index < -0.39 is 0 Å². The molecule has 166 valence electrons. The van der Waals surface area contributed by atoms with Gasteiger partial charge in [-0.1, -0.05) is 12.1 Å². The third kappa shape index (κ3) is 4.13. The fourth-order valence-electron chi connectivity index (χ4n) is 4.41. The van der Waals surface area contributed by atoms with E-state index in [1.807, 2.05) is 43.0 Å². The Morgan fingerprint density at radius 1 is 1.06 bits per heavy atom. The molecule has 3 heterocycles. The van der Waals surface area contributed by atoms with Gasteiger partial charge in [-0.05, 0) is 69.2 Å². The molecular formula is C25H28N4O2S. The van der Waals surface area contributed by atoms with Crippen LogP contribution in [0.25, 0.3) is 10.2 Å². The number of hydrogen-bond acceptors (Lipinski definition) is 5. The zero-order valence-corrected chi connectivity index (χ0v) is 19.4. The van der Waals surface area contributed by atoms with E-state index in [2.05, 4.69) is 10.3 Å². The van der Waals surface area contributed by atoms with Crippen molar-refractivity contribution in [2.75, 3.05) is 13.1 Å². The molecule has 3 aromatic rings. The van der Waals surface area contributed by atoms with Gasteiger partial charge in [0.1, 0.15) is 10.7 Å². The lowest BCUT2D eigenvalue weighted by molar-refractivity contribution is 0.0724. The van der Waals surface area contributed by atoms with E-state index in [9.17, 15) is 9.59 Å². The van der Waals surface area contributed by atoms with Gasteiger partial charge in [0.25, 0.3) is 11.8 Å². The number of nitrogens with zero attached hydrogens (tertiary/aromatic N) is 3. The molecule has 0 atom stereocenters. The van der Waals surface area contributed by atoms with E-state index in [-0.39, 0.29) is 11.8 Å². The number of aryl methyl sites for hydroxylation is 2. The van der Waals surface area contributed by atoms with Crippen LogP contribution in [0.15, 0.2) is 24.3 Å². The van der Waals surface area contributed by atoms with E-state index in [0.717, 1.165) is 71.6 Å². The van der Waals surface area contributed by atoms with Crippen molar-refractivity contribution in [2.45, 2.75) is 58.4 Å². The summed E-state index contributed by atoms with van der Waals surface area (Å²) in [5.74, 6) is 1.42. The van der Waals surface area contributed by atoms with Gasteiger partial charge >= 0.3 is 0 Å². The predicted molar refractivity (Wildman–Crippen MR) is 126 cm³/mol. The summed E-state index contributed by atoms with van der Waals surface area (Å²) in [6.45, 7) is 6.09. The zero-order valence-electron chi connectivity index (χ0n) is 18.6. The Hall–Kier alpha value is -2.80. The number of piperidine rings is 1. The fraction of sp³-hybridized carbons (Fsp3) is 0.440. The predicted octanol–water partition coefficient (Wildman–Crippen LogP) is 4.74. The molecule has 0 bridgehead atoms. The summed E-state index contributed by atoms with van der Waals surface area (Å²) >= 11 is 1.45. The van der Waals surface area contributed by atoms with Crippen molar-refractivity contribution in [3.63, 3.8) is 0 Å². The Kier molecular flexibility index (Phi) is 5.67. The first kappa shape index (κ1) is 21.1. The number of rotatable bonds is 5. The van der Waals surface area contributed by atoms with Crippen LogP contribution in [0.5, 0.6) is 0 Å². The molecule has 2 aliphatic rings. The molecule has 1 aliphatic carbocycles. The minimum absolute atomic E-state index is 0.0914. The minimum atomic E-state index is -0.0914. The molecule has 1 saturated carbocycles. The molecule has 7 heteroatoms. The molecule has 0 unspecified atom stereocenters. The summed E-state index contributed by atoms with van der Waals surface area (Å²) in [6.07, 6.45) is 5.69. The fourth-order valence-corrected chi connectivity index (χ4v) is 5.56. The van der Waals surface area contributed by atoms with E-state index in [0.29, 0.717) is 22.9 Å². The molecule has 5 rings (SSSR count). The van der Waals surface area contributed by atoms with E-state index >= 15 is 0 Å². The van der Waals surface area contributed by atoms with Crippen LogP contribution < -0.4 is 5.32 Å². The Labute approximate surface area is 192 Å². The highest BCUT2D eigenvalue weighted by atomic mass is 32.1. The topological polar surface area (TPSA) is 75.2 Å². The van der Waals surface area contributed by atoms with Crippen LogP contribution in [0, 0.1) is 13.8 Å². The third-order valence-electron chi connectivity index (χ3n) is 6.43.